The maximum absolute atomic E-state index is 11.8. The molecule has 2 rings (SSSR count). The SMILES string of the molecule is N#Cc1ccc(C(=O)NCC2CNCCO2)nc1. The third-order valence-electron chi connectivity index (χ3n) is 2.62. The van der Waals surface area contributed by atoms with Gasteiger partial charge in [0, 0.05) is 25.8 Å². The zero-order valence-electron chi connectivity index (χ0n) is 9.85. The molecule has 6 heteroatoms. The number of aromatic nitrogens is 1. The monoisotopic (exact) mass is 246 g/mol. The summed E-state index contributed by atoms with van der Waals surface area (Å²) in [6.07, 6.45) is 1.38. The molecule has 2 N–H and O–H groups in total. The maximum atomic E-state index is 11.8. The Bertz CT molecular complexity index is 446. The van der Waals surface area contributed by atoms with Gasteiger partial charge >= 0.3 is 0 Å². The molecule has 18 heavy (non-hydrogen) atoms. The average molecular weight is 246 g/mol. The number of nitrogens with zero attached hydrogens (tertiary/aromatic N) is 2. The van der Waals surface area contributed by atoms with Crippen LogP contribution in [0.25, 0.3) is 0 Å². The quantitative estimate of drug-likeness (QED) is 0.762. The van der Waals surface area contributed by atoms with Crippen molar-refractivity contribution in [3.8, 4) is 6.07 Å². The minimum atomic E-state index is -0.256. The van der Waals surface area contributed by atoms with E-state index in [4.69, 9.17) is 10.00 Å². The van der Waals surface area contributed by atoms with E-state index in [1.54, 1.807) is 6.07 Å². The van der Waals surface area contributed by atoms with E-state index in [0.717, 1.165) is 13.1 Å². The highest BCUT2D eigenvalue weighted by atomic mass is 16.5. The van der Waals surface area contributed by atoms with Crippen LogP contribution in [0.15, 0.2) is 18.3 Å². The van der Waals surface area contributed by atoms with Gasteiger partial charge in [0.25, 0.3) is 5.91 Å². The van der Waals surface area contributed by atoms with Crippen LogP contribution < -0.4 is 10.6 Å². The lowest BCUT2D eigenvalue weighted by molar-refractivity contribution is 0.0287. The summed E-state index contributed by atoms with van der Waals surface area (Å²) in [6.45, 7) is 2.70. The van der Waals surface area contributed by atoms with Gasteiger partial charge in [0.05, 0.1) is 18.3 Å². The average Bonchev–Trinajstić information content (AvgIpc) is 2.46. The van der Waals surface area contributed by atoms with Crippen molar-refractivity contribution < 1.29 is 9.53 Å². The molecule has 6 nitrogen and oxygen atoms in total. The first-order chi connectivity index (χ1) is 8.79. The first-order valence-electron chi connectivity index (χ1n) is 5.76. The summed E-state index contributed by atoms with van der Waals surface area (Å²) in [5.41, 5.74) is 0.740. The Morgan fingerprint density at radius 2 is 2.56 bits per heavy atom. The molecule has 0 radical (unpaired) electrons. The standard InChI is InChI=1S/C12H14N4O2/c13-5-9-1-2-11(15-6-9)12(17)16-8-10-7-14-3-4-18-10/h1-2,6,10,14H,3-4,7-8H2,(H,16,17). The van der Waals surface area contributed by atoms with Gasteiger partial charge in [-0.25, -0.2) is 4.98 Å². The van der Waals surface area contributed by atoms with Crippen molar-refractivity contribution in [2.75, 3.05) is 26.2 Å². The van der Waals surface area contributed by atoms with Gasteiger partial charge in [-0.05, 0) is 12.1 Å². The first kappa shape index (κ1) is 12.5. The van der Waals surface area contributed by atoms with E-state index < -0.39 is 0 Å². The molecular formula is C12H14N4O2. The van der Waals surface area contributed by atoms with Gasteiger partial charge in [-0.15, -0.1) is 0 Å². The number of ether oxygens (including phenoxy) is 1. The molecule has 1 aliphatic heterocycles. The fourth-order valence-electron chi connectivity index (χ4n) is 1.64. The van der Waals surface area contributed by atoms with E-state index in [1.807, 2.05) is 6.07 Å². The molecule has 1 aromatic heterocycles. The fraction of sp³-hybridized carbons (Fsp3) is 0.417. The summed E-state index contributed by atoms with van der Waals surface area (Å²) >= 11 is 0. The lowest BCUT2D eigenvalue weighted by atomic mass is 10.2. The predicted molar refractivity (Wildman–Crippen MR) is 63.9 cm³/mol. The number of carbonyl (C=O) groups is 1. The van der Waals surface area contributed by atoms with Gasteiger partial charge in [-0.3, -0.25) is 4.79 Å². The van der Waals surface area contributed by atoms with Gasteiger partial charge in [0.15, 0.2) is 0 Å². The van der Waals surface area contributed by atoms with Crippen LogP contribution in [0.5, 0.6) is 0 Å². The Kier molecular flexibility index (Phi) is 4.23. The second-order valence-corrected chi connectivity index (χ2v) is 3.95. The highest BCUT2D eigenvalue weighted by Crippen LogP contribution is 1.99. The molecule has 94 valence electrons. The molecule has 2 heterocycles. The van der Waals surface area contributed by atoms with E-state index in [2.05, 4.69) is 15.6 Å². The fourth-order valence-corrected chi connectivity index (χ4v) is 1.64. The number of nitriles is 1. The summed E-state index contributed by atoms with van der Waals surface area (Å²) in [6, 6.07) is 5.06. The van der Waals surface area contributed by atoms with Crippen molar-refractivity contribution in [2.24, 2.45) is 0 Å². The largest absolute Gasteiger partial charge is 0.374 e. The molecule has 1 saturated heterocycles. The second-order valence-electron chi connectivity index (χ2n) is 3.95. The molecule has 1 amide bonds. The van der Waals surface area contributed by atoms with Crippen molar-refractivity contribution in [2.45, 2.75) is 6.10 Å². The lowest BCUT2D eigenvalue weighted by Gasteiger charge is -2.23. The summed E-state index contributed by atoms with van der Waals surface area (Å²) in [5.74, 6) is -0.256. The lowest BCUT2D eigenvalue weighted by Crippen LogP contribution is -2.45. The van der Waals surface area contributed by atoms with E-state index in [-0.39, 0.29) is 12.0 Å². The molecule has 1 aromatic rings. The number of hydrogen-bond donors (Lipinski definition) is 2. The number of pyridine rings is 1. The molecular weight excluding hydrogens is 232 g/mol. The van der Waals surface area contributed by atoms with Crippen LogP contribution in [0.1, 0.15) is 16.1 Å². The highest BCUT2D eigenvalue weighted by molar-refractivity contribution is 5.92. The Labute approximate surface area is 105 Å². The van der Waals surface area contributed by atoms with Crippen molar-refractivity contribution in [3.63, 3.8) is 0 Å². The van der Waals surface area contributed by atoms with Crippen LogP contribution in [0.3, 0.4) is 0 Å². The zero-order chi connectivity index (χ0) is 12.8. The first-order valence-corrected chi connectivity index (χ1v) is 5.76. The number of carbonyl (C=O) groups excluding carboxylic acids is 1. The van der Waals surface area contributed by atoms with E-state index in [0.29, 0.717) is 24.4 Å². The third-order valence-corrected chi connectivity index (χ3v) is 2.62. The van der Waals surface area contributed by atoms with Gasteiger partial charge in [-0.1, -0.05) is 0 Å². The third kappa shape index (κ3) is 3.26. The van der Waals surface area contributed by atoms with Crippen molar-refractivity contribution in [3.05, 3.63) is 29.6 Å². The van der Waals surface area contributed by atoms with E-state index in [1.165, 1.54) is 12.3 Å². The van der Waals surface area contributed by atoms with Crippen LogP contribution in [0, 0.1) is 11.3 Å². The molecule has 0 saturated carbocycles. The van der Waals surface area contributed by atoms with Gasteiger partial charge in [-0.2, -0.15) is 5.26 Å². The van der Waals surface area contributed by atoms with Crippen LogP contribution >= 0.6 is 0 Å². The Balaban J connectivity index is 1.85. The summed E-state index contributed by atoms with van der Waals surface area (Å²) in [7, 11) is 0. The molecule has 1 atom stereocenters. The van der Waals surface area contributed by atoms with E-state index in [9.17, 15) is 4.79 Å². The van der Waals surface area contributed by atoms with Crippen molar-refractivity contribution >= 4 is 5.91 Å². The molecule has 0 spiro atoms. The molecule has 1 fully saturated rings. The van der Waals surface area contributed by atoms with Crippen LogP contribution in [0.2, 0.25) is 0 Å². The van der Waals surface area contributed by atoms with Gasteiger partial charge in [0.1, 0.15) is 11.8 Å². The topological polar surface area (TPSA) is 87.0 Å². The van der Waals surface area contributed by atoms with Crippen molar-refractivity contribution in [1.82, 2.24) is 15.6 Å². The summed E-state index contributed by atoms with van der Waals surface area (Å²) in [5, 5.41) is 14.6. The Hall–Kier alpha value is -1.97. The van der Waals surface area contributed by atoms with Crippen LogP contribution in [0.4, 0.5) is 0 Å². The number of amides is 1. The number of nitrogens with one attached hydrogen (secondary N) is 2. The molecule has 0 bridgehead atoms. The smallest absolute Gasteiger partial charge is 0.269 e. The van der Waals surface area contributed by atoms with Crippen LogP contribution in [-0.2, 0) is 4.74 Å². The predicted octanol–water partition coefficient (Wildman–Crippen LogP) is -0.329. The normalized spacial score (nSPS) is 18.9. The summed E-state index contributed by atoms with van der Waals surface area (Å²) in [4.78, 5) is 15.7. The van der Waals surface area contributed by atoms with Crippen LogP contribution in [-0.4, -0.2) is 43.2 Å². The minimum Gasteiger partial charge on any atom is -0.374 e. The van der Waals surface area contributed by atoms with Gasteiger partial charge < -0.3 is 15.4 Å². The number of morpholine rings is 1. The second kappa shape index (κ2) is 6.10. The molecule has 1 unspecified atom stereocenters. The zero-order valence-corrected chi connectivity index (χ0v) is 9.85. The molecule has 1 aliphatic rings. The van der Waals surface area contributed by atoms with E-state index >= 15 is 0 Å². The highest BCUT2D eigenvalue weighted by Gasteiger charge is 2.15. The number of rotatable bonds is 3. The molecule has 0 aromatic carbocycles. The summed E-state index contributed by atoms with van der Waals surface area (Å²) < 4.78 is 5.46. The van der Waals surface area contributed by atoms with Gasteiger partial charge in [0.2, 0.25) is 0 Å². The number of hydrogen-bond acceptors (Lipinski definition) is 5. The Morgan fingerprint density at radius 1 is 1.67 bits per heavy atom. The maximum Gasteiger partial charge on any atom is 0.269 e. The molecule has 0 aliphatic carbocycles. The minimum absolute atomic E-state index is 0.00100. The van der Waals surface area contributed by atoms with Crippen molar-refractivity contribution in [1.29, 1.82) is 5.26 Å². The Morgan fingerprint density at radius 3 is 3.17 bits per heavy atom.